The minimum atomic E-state index is -3.22. The summed E-state index contributed by atoms with van der Waals surface area (Å²) in [7, 11) is -1.52. The third-order valence-corrected chi connectivity index (χ3v) is 5.04. The van der Waals surface area contributed by atoms with Gasteiger partial charge in [0.25, 0.3) is 5.91 Å². The fraction of sp³-hybridized carbons (Fsp3) is 0.353. The minimum absolute atomic E-state index is 0.203. The summed E-state index contributed by atoms with van der Waals surface area (Å²) in [5, 5.41) is 0. The number of carbonyl (C=O) groups excluding carboxylic acids is 1. The van der Waals surface area contributed by atoms with Gasteiger partial charge in [-0.1, -0.05) is 19.1 Å². The molecular formula is C17H21NO4S. The largest absolute Gasteiger partial charge is 0.456 e. The van der Waals surface area contributed by atoms with Crippen molar-refractivity contribution in [1.82, 2.24) is 4.90 Å². The average Bonchev–Trinajstić information content (AvgIpc) is 3.01. The molecular weight excluding hydrogens is 314 g/mol. The summed E-state index contributed by atoms with van der Waals surface area (Å²) in [6.45, 7) is 3.85. The second-order valence-corrected chi connectivity index (χ2v) is 7.57. The summed E-state index contributed by atoms with van der Waals surface area (Å²) < 4.78 is 28.5. The molecule has 0 aliphatic heterocycles. The summed E-state index contributed by atoms with van der Waals surface area (Å²) >= 11 is 0. The lowest BCUT2D eigenvalue weighted by atomic mass is 10.1. The van der Waals surface area contributed by atoms with E-state index < -0.39 is 9.84 Å². The summed E-state index contributed by atoms with van der Waals surface area (Å²) in [5.74, 6) is 0.875. The smallest absolute Gasteiger partial charge is 0.289 e. The van der Waals surface area contributed by atoms with Crippen LogP contribution in [-0.4, -0.2) is 32.5 Å². The molecule has 0 saturated carbocycles. The molecule has 1 aromatic carbocycles. The Bertz CT molecular complexity index is 790. The highest BCUT2D eigenvalue weighted by molar-refractivity contribution is 7.90. The topological polar surface area (TPSA) is 67.6 Å². The Morgan fingerprint density at radius 1 is 1.17 bits per heavy atom. The molecule has 0 aliphatic carbocycles. The maximum Gasteiger partial charge on any atom is 0.289 e. The van der Waals surface area contributed by atoms with Crippen molar-refractivity contribution in [3.8, 4) is 0 Å². The van der Waals surface area contributed by atoms with Crippen molar-refractivity contribution in [2.24, 2.45) is 0 Å². The number of hydrogen-bond donors (Lipinski definition) is 0. The van der Waals surface area contributed by atoms with E-state index in [9.17, 15) is 13.2 Å². The molecule has 0 radical (unpaired) electrons. The van der Waals surface area contributed by atoms with E-state index in [1.165, 1.54) is 6.26 Å². The van der Waals surface area contributed by atoms with Crippen molar-refractivity contribution in [3.63, 3.8) is 0 Å². The van der Waals surface area contributed by atoms with Crippen LogP contribution in [0.3, 0.4) is 0 Å². The fourth-order valence-electron chi connectivity index (χ4n) is 2.25. The van der Waals surface area contributed by atoms with E-state index >= 15 is 0 Å². The molecule has 1 atom stereocenters. The first-order valence-electron chi connectivity index (χ1n) is 7.40. The standard InChI is InChI=1S/C17H21NO4S/c1-5-14-8-11-16(22-14)17(19)18(3)12(2)13-6-9-15(10-7-13)23(4,20)21/h6-12H,5H2,1-4H3. The number of hydrogen-bond acceptors (Lipinski definition) is 4. The maximum atomic E-state index is 12.5. The number of aryl methyl sites for hydroxylation is 1. The van der Waals surface area contributed by atoms with E-state index in [1.807, 2.05) is 13.8 Å². The minimum Gasteiger partial charge on any atom is -0.456 e. The van der Waals surface area contributed by atoms with Crippen LogP contribution < -0.4 is 0 Å². The molecule has 1 amide bonds. The van der Waals surface area contributed by atoms with Gasteiger partial charge in [0, 0.05) is 19.7 Å². The zero-order valence-electron chi connectivity index (χ0n) is 13.7. The van der Waals surface area contributed by atoms with Crippen LogP contribution in [0.5, 0.6) is 0 Å². The zero-order chi connectivity index (χ0) is 17.2. The third kappa shape index (κ3) is 3.82. The van der Waals surface area contributed by atoms with Crippen molar-refractivity contribution in [1.29, 1.82) is 0 Å². The molecule has 0 aliphatic rings. The molecule has 23 heavy (non-hydrogen) atoms. The SMILES string of the molecule is CCc1ccc(C(=O)N(C)C(C)c2ccc(S(C)(=O)=O)cc2)o1. The number of nitrogens with zero attached hydrogens (tertiary/aromatic N) is 1. The first-order valence-corrected chi connectivity index (χ1v) is 9.29. The van der Waals surface area contributed by atoms with Crippen LogP contribution in [-0.2, 0) is 16.3 Å². The lowest BCUT2D eigenvalue weighted by molar-refractivity contribution is 0.0708. The predicted octanol–water partition coefficient (Wildman–Crippen LogP) is 3.08. The molecule has 0 N–H and O–H groups in total. The van der Waals surface area contributed by atoms with Gasteiger partial charge < -0.3 is 9.32 Å². The van der Waals surface area contributed by atoms with Gasteiger partial charge in [-0.25, -0.2) is 8.42 Å². The number of benzene rings is 1. The number of rotatable bonds is 5. The Kier molecular flexibility index (Phi) is 4.94. The van der Waals surface area contributed by atoms with Gasteiger partial charge in [-0.05, 0) is 36.8 Å². The first-order chi connectivity index (χ1) is 10.7. The van der Waals surface area contributed by atoms with Crippen molar-refractivity contribution in [2.45, 2.75) is 31.2 Å². The van der Waals surface area contributed by atoms with Gasteiger partial charge in [-0.2, -0.15) is 0 Å². The second-order valence-electron chi connectivity index (χ2n) is 5.55. The monoisotopic (exact) mass is 335 g/mol. The van der Waals surface area contributed by atoms with Crippen molar-refractivity contribution in [3.05, 3.63) is 53.5 Å². The lowest BCUT2D eigenvalue weighted by Crippen LogP contribution is -2.29. The summed E-state index contributed by atoms with van der Waals surface area (Å²) in [5.41, 5.74) is 0.857. The average molecular weight is 335 g/mol. The van der Waals surface area contributed by atoms with Crippen LogP contribution in [0.1, 0.15) is 41.8 Å². The highest BCUT2D eigenvalue weighted by Gasteiger charge is 2.22. The van der Waals surface area contributed by atoms with Crippen molar-refractivity contribution in [2.75, 3.05) is 13.3 Å². The van der Waals surface area contributed by atoms with Crippen LogP contribution in [0.2, 0.25) is 0 Å². The molecule has 0 saturated heterocycles. The van der Waals surface area contributed by atoms with Crippen LogP contribution >= 0.6 is 0 Å². The molecule has 6 heteroatoms. The Labute approximate surface area is 136 Å². The molecule has 1 aromatic heterocycles. The Balaban J connectivity index is 2.18. The van der Waals surface area contributed by atoms with E-state index in [0.717, 1.165) is 17.7 Å². The molecule has 0 fully saturated rings. The van der Waals surface area contributed by atoms with Crippen LogP contribution in [0, 0.1) is 0 Å². The lowest BCUT2D eigenvalue weighted by Gasteiger charge is -2.24. The van der Waals surface area contributed by atoms with Gasteiger partial charge in [0.2, 0.25) is 0 Å². The molecule has 0 bridgehead atoms. The first kappa shape index (κ1) is 17.3. The van der Waals surface area contributed by atoms with Gasteiger partial charge >= 0.3 is 0 Å². The molecule has 0 spiro atoms. The van der Waals surface area contributed by atoms with Crippen molar-refractivity contribution >= 4 is 15.7 Å². The summed E-state index contributed by atoms with van der Waals surface area (Å²) in [6, 6.07) is 9.84. The zero-order valence-corrected chi connectivity index (χ0v) is 14.6. The fourth-order valence-corrected chi connectivity index (χ4v) is 2.88. The third-order valence-electron chi connectivity index (χ3n) is 3.91. The number of furan rings is 1. The molecule has 124 valence electrons. The molecule has 1 unspecified atom stereocenters. The van der Waals surface area contributed by atoms with Crippen LogP contribution in [0.4, 0.5) is 0 Å². The molecule has 2 rings (SSSR count). The Hall–Kier alpha value is -2.08. The van der Waals surface area contributed by atoms with Gasteiger partial charge in [-0.3, -0.25) is 4.79 Å². The number of amides is 1. The van der Waals surface area contributed by atoms with E-state index in [0.29, 0.717) is 5.76 Å². The molecule has 5 nitrogen and oxygen atoms in total. The van der Waals surface area contributed by atoms with E-state index in [1.54, 1.807) is 48.3 Å². The van der Waals surface area contributed by atoms with Crippen molar-refractivity contribution < 1.29 is 17.6 Å². The normalized spacial score (nSPS) is 12.9. The van der Waals surface area contributed by atoms with Gasteiger partial charge in [0.1, 0.15) is 5.76 Å². The number of sulfone groups is 1. The highest BCUT2D eigenvalue weighted by atomic mass is 32.2. The highest BCUT2D eigenvalue weighted by Crippen LogP contribution is 2.23. The maximum absolute atomic E-state index is 12.5. The van der Waals surface area contributed by atoms with Crippen LogP contribution in [0.25, 0.3) is 0 Å². The quantitative estimate of drug-likeness (QED) is 0.842. The van der Waals surface area contributed by atoms with Crippen LogP contribution in [0.15, 0.2) is 45.7 Å². The molecule has 2 aromatic rings. The molecule has 1 heterocycles. The van der Waals surface area contributed by atoms with E-state index in [2.05, 4.69) is 0 Å². The van der Waals surface area contributed by atoms with E-state index in [-0.39, 0.29) is 16.8 Å². The second kappa shape index (κ2) is 6.58. The van der Waals surface area contributed by atoms with Gasteiger partial charge in [0.05, 0.1) is 10.9 Å². The van der Waals surface area contributed by atoms with Gasteiger partial charge in [-0.15, -0.1) is 0 Å². The van der Waals surface area contributed by atoms with Gasteiger partial charge in [0.15, 0.2) is 15.6 Å². The summed E-state index contributed by atoms with van der Waals surface area (Å²) in [6.07, 6.45) is 1.91. The Morgan fingerprint density at radius 2 is 1.78 bits per heavy atom. The van der Waals surface area contributed by atoms with E-state index in [4.69, 9.17) is 4.42 Å². The summed E-state index contributed by atoms with van der Waals surface area (Å²) in [4.78, 5) is 14.3. The Morgan fingerprint density at radius 3 is 2.26 bits per heavy atom. The number of carbonyl (C=O) groups is 1. The predicted molar refractivity (Wildman–Crippen MR) is 88.1 cm³/mol.